The van der Waals surface area contributed by atoms with E-state index in [1.165, 1.54) is 54.4 Å². The summed E-state index contributed by atoms with van der Waals surface area (Å²) in [6, 6.07) is 66.2. The molecule has 12 aromatic rings. The Hall–Kier alpha value is -7.17. The number of fused-ring (bicyclic) bond motifs is 14. The van der Waals surface area contributed by atoms with Gasteiger partial charge in [0.1, 0.15) is 5.65 Å². The van der Waals surface area contributed by atoms with Crippen molar-refractivity contribution >= 4 is 82.0 Å². The number of para-hydroxylation sites is 7. The lowest BCUT2D eigenvalue weighted by molar-refractivity contribution is 1.13. The minimum atomic E-state index is 0.983. The maximum absolute atomic E-state index is 5.16. The molecule has 0 amide bonds. The molecule has 8 aromatic carbocycles. The molecule has 0 spiro atoms. The molecule has 0 radical (unpaired) electrons. The van der Waals surface area contributed by atoms with E-state index in [1.807, 2.05) is 0 Å². The molecule has 4 nitrogen and oxygen atoms in total. The quantitative estimate of drug-likeness (QED) is 0.171. The minimum Gasteiger partial charge on any atom is -0.309 e. The lowest BCUT2D eigenvalue weighted by atomic mass is 9.98. The molecular weight excluding hydrogens is 645 g/mol. The Bertz CT molecular complexity index is 3230. The molecule has 0 N–H and O–H groups in total. The Morgan fingerprint density at radius 2 is 0.736 bits per heavy atom. The number of imidazole rings is 1. The number of rotatable bonds is 3. The zero-order valence-corrected chi connectivity index (χ0v) is 28.6. The molecular formula is C49H30N4. The summed E-state index contributed by atoms with van der Waals surface area (Å²) in [5, 5.41) is 8.55. The van der Waals surface area contributed by atoms with E-state index in [-0.39, 0.29) is 0 Å². The zero-order chi connectivity index (χ0) is 34.6. The summed E-state index contributed by atoms with van der Waals surface area (Å²) in [6.07, 6.45) is 0. The van der Waals surface area contributed by atoms with Crippen molar-refractivity contribution in [1.82, 2.24) is 18.5 Å². The van der Waals surface area contributed by atoms with E-state index < -0.39 is 0 Å². The van der Waals surface area contributed by atoms with Crippen molar-refractivity contribution in [1.29, 1.82) is 0 Å². The summed E-state index contributed by atoms with van der Waals surface area (Å²) in [5.74, 6) is 0. The van der Waals surface area contributed by atoms with Crippen LogP contribution in [0.4, 0.5) is 0 Å². The summed E-state index contributed by atoms with van der Waals surface area (Å²) in [7, 11) is 0. The van der Waals surface area contributed by atoms with Gasteiger partial charge in [-0.1, -0.05) is 109 Å². The second-order valence-corrected chi connectivity index (χ2v) is 14.0. The smallest absolute Gasteiger partial charge is 0.146 e. The summed E-state index contributed by atoms with van der Waals surface area (Å²) in [4.78, 5) is 5.16. The molecule has 0 saturated carbocycles. The fourth-order valence-corrected chi connectivity index (χ4v) is 8.91. The first-order valence-electron chi connectivity index (χ1n) is 18.1. The van der Waals surface area contributed by atoms with Gasteiger partial charge in [-0.05, 0) is 89.3 Å². The van der Waals surface area contributed by atoms with E-state index >= 15 is 0 Å². The third kappa shape index (κ3) is 3.98. The highest BCUT2D eigenvalue weighted by atomic mass is 15.0. The molecule has 12 rings (SSSR count). The lowest BCUT2D eigenvalue weighted by Crippen LogP contribution is -2.00. The van der Waals surface area contributed by atoms with Crippen LogP contribution in [0, 0.1) is 0 Å². The maximum Gasteiger partial charge on any atom is 0.146 e. The van der Waals surface area contributed by atoms with Gasteiger partial charge >= 0.3 is 0 Å². The highest BCUT2D eigenvalue weighted by molar-refractivity contribution is 6.15. The van der Waals surface area contributed by atoms with Crippen molar-refractivity contribution in [2.45, 2.75) is 0 Å². The van der Waals surface area contributed by atoms with Crippen LogP contribution in [0.5, 0.6) is 0 Å². The van der Waals surface area contributed by atoms with Crippen LogP contribution in [0.3, 0.4) is 0 Å². The average molecular weight is 675 g/mol. The molecule has 0 atom stereocenters. The first kappa shape index (κ1) is 28.5. The lowest BCUT2D eigenvalue weighted by Gasteiger charge is -2.16. The van der Waals surface area contributed by atoms with Gasteiger partial charge in [0.15, 0.2) is 0 Å². The van der Waals surface area contributed by atoms with Crippen molar-refractivity contribution in [3.8, 4) is 22.5 Å². The van der Waals surface area contributed by atoms with Gasteiger partial charge in [0, 0.05) is 43.7 Å². The fraction of sp³-hybridized carbons (Fsp3) is 0. The van der Waals surface area contributed by atoms with Gasteiger partial charge in [0.05, 0.1) is 38.6 Å². The van der Waals surface area contributed by atoms with Gasteiger partial charge < -0.3 is 9.13 Å². The average Bonchev–Trinajstić information content (AvgIpc) is 3.89. The van der Waals surface area contributed by atoms with E-state index in [0.29, 0.717) is 0 Å². The largest absolute Gasteiger partial charge is 0.309 e. The van der Waals surface area contributed by atoms with E-state index in [9.17, 15) is 0 Å². The summed E-state index contributed by atoms with van der Waals surface area (Å²) >= 11 is 0. The van der Waals surface area contributed by atoms with E-state index in [4.69, 9.17) is 4.98 Å². The molecule has 0 saturated heterocycles. The van der Waals surface area contributed by atoms with Crippen LogP contribution in [0.25, 0.3) is 104 Å². The number of aromatic nitrogens is 4. The number of pyridine rings is 1. The van der Waals surface area contributed by atoms with Gasteiger partial charge in [0.2, 0.25) is 0 Å². The topological polar surface area (TPSA) is 27.2 Å². The van der Waals surface area contributed by atoms with Gasteiger partial charge in [0.25, 0.3) is 0 Å². The molecule has 0 fully saturated rings. The predicted octanol–water partition coefficient (Wildman–Crippen LogP) is 12.7. The molecule has 0 aliphatic rings. The molecule has 0 aliphatic carbocycles. The van der Waals surface area contributed by atoms with Gasteiger partial charge in [-0.2, -0.15) is 0 Å². The summed E-state index contributed by atoms with van der Waals surface area (Å²) < 4.78 is 7.18. The third-order valence-electron chi connectivity index (χ3n) is 11.2. The van der Waals surface area contributed by atoms with E-state index in [1.54, 1.807) is 0 Å². The summed E-state index contributed by atoms with van der Waals surface area (Å²) in [6.45, 7) is 0. The van der Waals surface area contributed by atoms with Crippen LogP contribution in [0.15, 0.2) is 182 Å². The molecule has 0 bridgehead atoms. The van der Waals surface area contributed by atoms with Crippen molar-refractivity contribution in [3.63, 3.8) is 0 Å². The molecule has 4 heteroatoms. The Labute approximate surface area is 304 Å². The van der Waals surface area contributed by atoms with E-state index in [2.05, 4.69) is 196 Å². The number of hydrogen-bond acceptors (Lipinski definition) is 1. The summed E-state index contributed by atoms with van der Waals surface area (Å²) in [5.41, 5.74) is 13.6. The second kappa shape index (κ2) is 10.7. The molecule has 4 aromatic heterocycles. The van der Waals surface area contributed by atoms with Crippen LogP contribution in [-0.2, 0) is 0 Å². The van der Waals surface area contributed by atoms with Crippen molar-refractivity contribution in [3.05, 3.63) is 182 Å². The highest BCUT2D eigenvalue weighted by Gasteiger charge is 2.19. The van der Waals surface area contributed by atoms with Crippen LogP contribution in [0.1, 0.15) is 0 Å². The third-order valence-corrected chi connectivity index (χ3v) is 11.2. The predicted molar refractivity (Wildman–Crippen MR) is 222 cm³/mol. The number of nitrogens with zero attached hydrogens (tertiary/aromatic N) is 4. The van der Waals surface area contributed by atoms with Crippen molar-refractivity contribution < 1.29 is 0 Å². The molecule has 0 aliphatic heterocycles. The molecule has 4 heterocycles. The normalized spacial score (nSPS) is 12.2. The number of benzene rings is 8. The first-order chi connectivity index (χ1) is 26.3. The Balaban J connectivity index is 1.19. The zero-order valence-electron chi connectivity index (χ0n) is 28.6. The standard InChI is InChI=1S/C49H30N4/c1-7-19-43-35(13-1)36-14-2-8-20-44(36)51(43)33-27-32(28-34(30-33)52-45-21-9-3-15-37(45)38-16-4-10-22-46(38)52)31-25-26-40-41(29-31)39-17-5-11-23-47(39)53-48-24-12-6-18-42(48)50-49(40)53/h1-30H. The molecule has 246 valence electrons. The van der Waals surface area contributed by atoms with Gasteiger partial charge in [-0.15, -0.1) is 0 Å². The minimum absolute atomic E-state index is 0.983. The monoisotopic (exact) mass is 674 g/mol. The fourth-order valence-electron chi connectivity index (χ4n) is 8.91. The van der Waals surface area contributed by atoms with Gasteiger partial charge in [-0.25, -0.2) is 4.98 Å². The first-order valence-corrected chi connectivity index (χ1v) is 18.1. The van der Waals surface area contributed by atoms with Gasteiger partial charge in [-0.3, -0.25) is 4.40 Å². The van der Waals surface area contributed by atoms with Crippen LogP contribution >= 0.6 is 0 Å². The SMILES string of the molecule is c1ccc2c(c1)nc1c3ccc(-c4cc(-n5c6ccccc6c6ccccc65)cc(-n5c6ccccc6c6ccccc65)c4)cc3c3ccccc3n21. The van der Waals surface area contributed by atoms with Crippen LogP contribution in [-0.4, -0.2) is 18.5 Å². The Morgan fingerprint density at radius 3 is 1.26 bits per heavy atom. The molecule has 53 heavy (non-hydrogen) atoms. The van der Waals surface area contributed by atoms with E-state index in [0.717, 1.165) is 50.1 Å². The van der Waals surface area contributed by atoms with Crippen molar-refractivity contribution in [2.75, 3.05) is 0 Å². The Morgan fingerprint density at radius 1 is 0.302 bits per heavy atom. The van der Waals surface area contributed by atoms with Crippen LogP contribution < -0.4 is 0 Å². The second-order valence-electron chi connectivity index (χ2n) is 14.0. The highest BCUT2D eigenvalue weighted by Crippen LogP contribution is 2.40. The molecule has 0 unspecified atom stereocenters. The van der Waals surface area contributed by atoms with Crippen molar-refractivity contribution in [2.24, 2.45) is 0 Å². The Kier molecular flexibility index (Phi) is 5.74. The number of hydrogen-bond donors (Lipinski definition) is 0. The van der Waals surface area contributed by atoms with Crippen LogP contribution in [0.2, 0.25) is 0 Å². The maximum atomic E-state index is 5.16.